The Balaban J connectivity index is 3.61. The summed E-state index contributed by atoms with van der Waals surface area (Å²) in [4.78, 5) is 11.5. The molecule has 0 spiro atoms. The van der Waals surface area contributed by atoms with Crippen LogP contribution >= 0.6 is 0 Å². The summed E-state index contributed by atoms with van der Waals surface area (Å²) in [6.07, 6.45) is 7.47. The molecular formula is C15H31NO3. The standard InChI is InChI=1S/C15H31NO3/c1-5-6-7-8-9-10-11-19-12-14(15(17)18-4)16-13(2)3/h13-14,16H,5-12H2,1-4H3. The summed E-state index contributed by atoms with van der Waals surface area (Å²) in [6, 6.07) is -0.119. The van der Waals surface area contributed by atoms with E-state index in [0.29, 0.717) is 6.61 Å². The van der Waals surface area contributed by atoms with Crippen molar-refractivity contribution in [2.45, 2.75) is 71.4 Å². The van der Waals surface area contributed by atoms with Crippen LogP contribution in [0.4, 0.5) is 0 Å². The maximum Gasteiger partial charge on any atom is 0.325 e. The number of unbranched alkanes of at least 4 members (excludes halogenated alkanes) is 5. The first kappa shape index (κ1) is 18.4. The summed E-state index contributed by atoms with van der Waals surface area (Å²) in [5.74, 6) is -0.253. The van der Waals surface area contributed by atoms with E-state index in [1.807, 2.05) is 13.8 Å². The third-order valence-electron chi connectivity index (χ3n) is 2.95. The van der Waals surface area contributed by atoms with Crippen molar-refractivity contribution >= 4 is 5.97 Å². The molecule has 4 heteroatoms. The Hall–Kier alpha value is -0.610. The van der Waals surface area contributed by atoms with Gasteiger partial charge in [0.2, 0.25) is 0 Å². The summed E-state index contributed by atoms with van der Waals surface area (Å²) >= 11 is 0. The van der Waals surface area contributed by atoms with Crippen molar-refractivity contribution in [3.05, 3.63) is 0 Å². The number of carbonyl (C=O) groups is 1. The van der Waals surface area contributed by atoms with Gasteiger partial charge in [0.1, 0.15) is 6.04 Å². The lowest BCUT2D eigenvalue weighted by Gasteiger charge is -2.18. The molecule has 0 aromatic rings. The molecule has 1 atom stereocenters. The monoisotopic (exact) mass is 273 g/mol. The van der Waals surface area contributed by atoms with Crippen LogP contribution in [0.5, 0.6) is 0 Å². The lowest BCUT2D eigenvalue weighted by molar-refractivity contribution is -0.145. The average molecular weight is 273 g/mol. The highest BCUT2D eigenvalue weighted by molar-refractivity contribution is 5.75. The van der Waals surface area contributed by atoms with Crippen LogP contribution in [-0.4, -0.2) is 38.4 Å². The van der Waals surface area contributed by atoms with E-state index in [-0.39, 0.29) is 18.1 Å². The van der Waals surface area contributed by atoms with Crippen LogP contribution in [0.1, 0.15) is 59.3 Å². The number of rotatable bonds is 12. The lowest BCUT2D eigenvalue weighted by Crippen LogP contribution is -2.44. The Morgan fingerprint density at radius 2 is 1.74 bits per heavy atom. The van der Waals surface area contributed by atoms with E-state index >= 15 is 0 Å². The van der Waals surface area contributed by atoms with Crippen molar-refractivity contribution in [1.82, 2.24) is 5.32 Å². The van der Waals surface area contributed by atoms with Crippen LogP contribution < -0.4 is 5.32 Å². The molecule has 0 radical (unpaired) electrons. The maximum absolute atomic E-state index is 11.5. The van der Waals surface area contributed by atoms with Crippen molar-refractivity contribution in [2.24, 2.45) is 0 Å². The fraction of sp³-hybridized carbons (Fsp3) is 0.933. The summed E-state index contributed by atoms with van der Waals surface area (Å²) in [5.41, 5.74) is 0. The van der Waals surface area contributed by atoms with Crippen molar-refractivity contribution < 1.29 is 14.3 Å². The number of esters is 1. The zero-order valence-electron chi connectivity index (χ0n) is 13.0. The highest BCUT2D eigenvalue weighted by Crippen LogP contribution is 2.05. The molecule has 4 nitrogen and oxygen atoms in total. The molecule has 19 heavy (non-hydrogen) atoms. The van der Waals surface area contributed by atoms with Gasteiger partial charge in [-0.3, -0.25) is 4.79 Å². The third kappa shape index (κ3) is 11.0. The largest absolute Gasteiger partial charge is 0.468 e. The fourth-order valence-corrected chi connectivity index (χ4v) is 1.91. The van der Waals surface area contributed by atoms with Gasteiger partial charge in [-0.25, -0.2) is 0 Å². The number of nitrogens with one attached hydrogen (secondary N) is 1. The second-order valence-corrected chi connectivity index (χ2v) is 5.24. The van der Waals surface area contributed by atoms with E-state index in [2.05, 4.69) is 12.2 Å². The van der Waals surface area contributed by atoms with Gasteiger partial charge in [-0.1, -0.05) is 52.9 Å². The van der Waals surface area contributed by atoms with E-state index in [4.69, 9.17) is 9.47 Å². The molecular weight excluding hydrogens is 242 g/mol. The van der Waals surface area contributed by atoms with E-state index in [9.17, 15) is 4.79 Å². The smallest absolute Gasteiger partial charge is 0.325 e. The molecule has 1 unspecified atom stereocenters. The fourth-order valence-electron chi connectivity index (χ4n) is 1.91. The van der Waals surface area contributed by atoms with Crippen LogP contribution in [0.2, 0.25) is 0 Å². The van der Waals surface area contributed by atoms with Crippen molar-refractivity contribution in [1.29, 1.82) is 0 Å². The van der Waals surface area contributed by atoms with Crippen molar-refractivity contribution in [3.8, 4) is 0 Å². The summed E-state index contributed by atoms with van der Waals surface area (Å²) in [7, 11) is 1.41. The Labute approximate surface area is 118 Å². The second kappa shape index (κ2) is 12.4. The minimum atomic E-state index is -0.356. The SMILES string of the molecule is CCCCCCCCOCC(NC(C)C)C(=O)OC. The first-order chi connectivity index (χ1) is 9.11. The zero-order valence-corrected chi connectivity index (χ0v) is 13.0. The van der Waals surface area contributed by atoms with Gasteiger partial charge in [0, 0.05) is 12.6 Å². The van der Waals surface area contributed by atoms with Crippen LogP contribution in [0, 0.1) is 0 Å². The summed E-state index contributed by atoms with van der Waals surface area (Å²) in [5, 5.41) is 3.15. The van der Waals surface area contributed by atoms with Crippen molar-refractivity contribution in [2.75, 3.05) is 20.3 Å². The molecule has 0 aliphatic heterocycles. The van der Waals surface area contributed by atoms with Crippen LogP contribution in [0.15, 0.2) is 0 Å². The second-order valence-electron chi connectivity index (χ2n) is 5.24. The predicted molar refractivity (Wildman–Crippen MR) is 78.3 cm³/mol. The third-order valence-corrected chi connectivity index (χ3v) is 2.95. The summed E-state index contributed by atoms with van der Waals surface area (Å²) < 4.78 is 10.3. The normalized spacial score (nSPS) is 12.7. The number of hydrogen-bond donors (Lipinski definition) is 1. The maximum atomic E-state index is 11.5. The predicted octanol–water partition coefficient (Wildman–Crippen LogP) is 2.90. The molecule has 0 aromatic carbocycles. The molecule has 0 amide bonds. The quantitative estimate of drug-likeness (QED) is 0.439. The Morgan fingerprint density at radius 1 is 1.11 bits per heavy atom. The van der Waals surface area contributed by atoms with Gasteiger partial charge in [0.25, 0.3) is 0 Å². The highest BCUT2D eigenvalue weighted by atomic mass is 16.5. The average Bonchev–Trinajstić information content (AvgIpc) is 2.39. The molecule has 0 heterocycles. The van der Waals surface area contributed by atoms with E-state index < -0.39 is 0 Å². The van der Waals surface area contributed by atoms with Gasteiger partial charge in [0.05, 0.1) is 13.7 Å². The molecule has 114 valence electrons. The Morgan fingerprint density at radius 3 is 2.32 bits per heavy atom. The number of hydrogen-bond acceptors (Lipinski definition) is 4. The Bertz CT molecular complexity index is 219. The zero-order chi connectivity index (χ0) is 14.5. The number of methoxy groups -OCH3 is 1. The van der Waals surface area contributed by atoms with Crippen LogP contribution in [0.3, 0.4) is 0 Å². The van der Waals surface area contributed by atoms with Gasteiger partial charge >= 0.3 is 5.97 Å². The first-order valence-corrected chi connectivity index (χ1v) is 7.53. The minimum Gasteiger partial charge on any atom is -0.468 e. The van der Waals surface area contributed by atoms with Gasteiger partial charge in [-0.05, 0) is 6.42 Å². The topological polar surface area (TPSA) is 47.6 Å². The molecule has 0 aliphatic carbocycles. The molecule has 0 aliphatic rings. The molecule has 1 N–H and O–H groups in total. The van der Waals surface area contributed by atoms with Gasteiger partial charge in [-0.15, -0.1) is 0 Å². The lowest BCUT2D eigenvalue weighted by atomic mass is 10.1. The number of carbonyl (C=O) groups excluding carboxylic acids is 1. The first-order valence-electron chi connectivity index (χ1n) is 7.53. The van der Waals surface area contributed by atoms with Gasteiger partial charge in [-0.2, -0.15) is 0 Å². The molecule has 0 saturated heterocycles. The molecule has 0 fully saturated rings. The minimum absolute atomic E-state index is 0.238. The van der Waals surface area contributed by atoms with E-state index in [0.717, 1.165) is 13.0 Å². The van der Waals surface area contributed by atoms with E-state index in [1.165, 1.54) is 39.2 Å². The highest BCUT2D eigenvalue weighted by Gasteiger charge is 2.19. The van der Waals surface area contributed by atoms with Crippen LogP contribution in [0.25, 0.3) is 0 Å². The van der Waals surface area contributed by atoms with Crippen LogP contribution in [-0.2, 0) is 14.3 Å². The molecule has 0 saturated carbocycles. The molecule has 0 aromatic heterocycles. The molecule has 0 bridgehead atoms. The Kier molecular flexibility index (Phi) is 12.0. The van der Waals surface area contributed by atoms with Gasteiger partial charge < -0.3 is 14.8 Å². The molecule has 0 rings (SSSR count). The van der Waals surface area contributed by atoms with Crippen molar-refractivity contribution in [3.63, 3.8) is 0 Å². The number of ether oxygens (including phenoxy) is 2. The van der Waals surface area contributed by atoms with E-state index in [1.54, 1.807) is 0 Å². The van der Waals surface area contributed by atoms with Gasteiger partial charge in [0.15, 0.2) is 0 Å². The summed E-state index contributed by atoms with van der Waals surface area (Å²) in [6.45, 7) is 7.34.